The number of aliphatic carboxylic acids is 1. The quantitative estimate of drug-likeness (QED) is 0.105. The van der Waals surface area contributed by atoms with Gasteiger partial charge in [-0.1, -0.05) is 48.9 Å². The van der Waals surface area contributed by atoms with Crippen LogP contribution in [-0.2, 0) is 32.0 Å². The summed E-state index contributed by atoms with van der Waals surface area (Å²) in [6.07, 6.45) is 1.88. The molecule has 0 fully saturated rings. The van der Waals surface area contributed by atoms with Gasteiger partial charge in [0.05, 0.1) is 6.04 Å². The van der Waals surface area contributed by atoms with Crippen molar-refractivity contribution < 1.29 is 29.4 Å². The van der Waals surface area contributed by atoms with E-state index >= 15 is 0 Å². The average Bonchev–Trinajstić information content (AvgIpc) is 2.92. The zero-order valence-electron chi connectivity index (χ0n) is 21.6. The highest BCUT2D eigenvalue weighted by molar-refractivity contribution is 7.80. The monoisotopic (exact) mass is 559 g/mol. The third-order valence-electron chi connectivity index (χ3n) is 6.03. The number of carbonyl (C=O) groups excluding carboxylic acids is 3. The largest absolute Gasteiger partial charge is 0.508 e. The van der Waals surface area contributed by atoms with Crippen LogP contribution in [0.15, 0.2) is 54.6 Å². The molecule has 2 aromatic rings. The maximum absolute atomic E-state index is 13.5. The number of amides is 3. The summed E-state index contributed by atoms with van der Waals surface area (Å²) in [7, 11) is 0. The van der Waals surface area contributed by atoms with Gasteiger partial charge in [-0.25, -0.2) is 4.79 Å². The molecule has 0 aliphatic carbocycles. The van der Waals surface area contributed by atoms with Gasteiger partial charge in [0.2, 0.25) is 17.7 Å². The lowest BCUT2D eigenvalue weighted by Gasteiger charge is -2.25. The molecule has 12 heteroatoms. The Morgan fingerprint density at radius 2 is 1.28 bits per heavy atom. The number of rotatable bonds is 16. The molecule has 0 radical (unpaired) electrons. The highest BCUT2D eigenvalue weighted by Gasteiger charge is 2.30. The predicted molar refractivity (Wildman–Crippen MR) is 150 cm³/mol. The van der Waals surface area contributed by atoms with Crippen molar-refractivity contribution in [3.8, 4) is 5.75 Å². The molecule has 0 aromatic heterocycles. The van der Waals surface area contributed by atoms with Crippen LogP contribution in [0.1, 0.15) is 30.4 Å². The van der Waals surface area contributed by atoms with E-state index in [9.17, 15) is 29.4 Å². The van der Waals surface area contributed by atoms with E-state index in [1.165, 1.54) is 12.1 Å². The van der Waals surface area contributed by atoms with Crippen LogP contribution in [0.2, 0.25) is 0 Å². The molecule has 2 aromatic carbocycles. The Labute approximate surface area is 233 Å². The number of carboxylic acids is 1. The Bertz CT molecular complexity index is 1090. The van der Waals surface area contributed by atoms with Crippen LogP contribution in [0.3, 0.4) is 0 Å². The molecular formula is C27H37N5O6S. The molecule has 0 aliphatic rings. The van der Waals surface area contributed by atoms with E-state index < -0.39 is 47.9 Å². The smallest absolute Gasteiger partial charge is 0.327 e. The van der Waals surface area contributed by atoms with Crippen molar-refractivity contribution in [2.24, 2.45) is 11.5 Å². The number of nitrogens with two attached hydrogens (primary N) is 2. The first-order chi connectivity index (χ1) is 18.6. The van der Waals surface area contributed by atoms with E-state index in [0.717, 1.165) is 5.56 Å². The Morgan fingerprint density at radius 3 is 1.79 bits per heavy atom. The van der Waals surface area contributed by atoms with Crippen LogP contribution in [0.5, 0.6) is 5.75 Å². The maximum Gasteiger partial charge on any atom is 0.327 e. The molecule has 9 N–H and O–H groups in total. The molecule has 2 rings (SSSR count). The van der Waals surface area contributed by atoms with E-state index in [0.29, 0.717) is 31.4 Å². The van der Waals surface area contributed by atoms with E-state index in [4.69, 9.17) is 11.5 Å². The number of nitrogens with one attached hydrogen (secondary N) is 3. The van der Waals surface area contributed by atoms with Crippen molar-refractivity contribution in [2.75, 3.05) is 12.3 Å². The number of phenols is 1. The zero-order chi connectivity index (χ0) is 28.8. The molecule has 0 saturated heterocycles. The van der Waals surface area contributed by atoms with Gasteiger partial charge in [-0.2, -0.15) is 12.6 Å². The lowest BCUT2D eigenvalue weighted by molar-refractivity contribution is -0.141. The Kier molecular flexibility index (Phi) is 13.3. The van der Waals surface area contributed by atoms with Gasteiger partial charge in [-0.05, 0) is 42.6 Å². The second kappa shape index (κ2) is 16.4. The second-order valence-corrected chi connectivity index (χ2v) is 9.52. The van der Waals surface area contributed by atoms with Gasteiger partial charge in [0.1, 0.15) is 23.9 Å². The zero-order valence-corrected chi connectivity index (χ0v) is 22.5. The molecule has 0 aliphatic heterocycles. The lowest BCUT2D eigenvalue weighted by atomic mass is 10.0. The molecule has 0 bridgehead atoms. The third-order valence-corrected chi connectivity index (χ3v) is 6.39. The van der Waals surface area contributed by atoms with Crippen LogP contribution in [0, 0.1) is 0 Å². The molecule has 4 atom stereocenters. The number of phenolic OH excluding ortho intramolecular Hbond substituents is 1. The minimum atomic E-state index is -1.26. The fraction of sp³-hybridized carbons (Fsp3) is 0.407. The van der Waals surface area contributed by atoms with Crippen LogP contribution in [-0.4, -0.2) is 70.4 Å². The van der Waals surface area contributed by atoms with Gasteiger partial charge in [0.25, 0.3) is 0 Å². The lowest BCUT2D eigenvalue weighted by Crippen LogP contribution is -2.58. The van der Waals surface area contributed by atoms with Crippen molar-refractivity contribution in [3.05, 3.63) is 65.7 Å². The fourth-order valence-electron chi connectivity index (χ4n) is 3.78. The summed E-state index contributed by atoms with van der Waals surface area (Å²) in [5, 5.41) is 26.7. The van der Waals surface area contributed by atoms with E-state index in [2.05, 4.69) is 28.6 Å². The molecule has 11 nitrogen and oxygen atoms in total. The first-order valence-electron chi connectivity index (χ1n) is 12.7. The predicted octanol–water partition coefficient (Wildman–Crippen LogP) is 0.103. The molecule has 3 amide bonds. The Hall–Kier alpha value is -3.61. The molecule has 0 spiro atoms. The topological polar surface area (TPSA) is 197 Å². The highest BCUT2D eigenvalue weighted by Crippen LogP contribution is 2.13. The minimum Gasteiger partial charge on any atom is -0.508 e. The summed E-state index contributed by atoms with van der Waals surface area (Å²) in [5.74, 6) is -3.25. The van der Waals surface area contributed by atoms with Crippen molar-refractivity contribution in [1.82, 2.24) is 16.0 Å². The molecule has 4 unspecified atom stereocenters. The minimum absolute atomic E-state index is 0.0440. The normalized spacial score (nSPS) is 13.9. The van der Waals surface area contributed by atoms with Gasteiger partial charge in [0.15, 0.2) is 0 Å². The third kappa shape index (κ3) is 11.0. The second-order valence-electron chi connectivity index (χ2n) is 9.16. The number of unbranched alkanes of at least 4 members (excludes halogenated alkanes) is 1. The molecular weight excluding hydrogens is 522 g/mol. The summed E-state index contributed by atoms with van der Waals surface area (Å²) in [6.45, 7) is 0.473. The Balaban J connectivity index is 2.27. The van der Waals surface area contributed by atoms with Crippen LogP contribution < -0.4 is 27.4 Å². The number of hydrogen-bond acceptors (Lipinski definition) is 8. The number of thiol groups is 1. The van der Waals surface area contributed by atoms with Gasteiger partial charge in [-0.15, -0.1) is 0 Å². The van der Waals surface area contributed by atoms with Crippen molar-refractivity contribution in [1.29, 1.82) is 0 Å². The first kappa shape index (κ1) is 31.6. The summed E-state index contributed by atoms with van der Waals surface area (Å²) in [6, 6.07) is 10.7. The number of carbonyl (C=O) groups is 4. The van der Waals surface area contributed by atoms with Gasteiger partial charge in [-0.3, -0.25) is 14.4 Å². The SMILES string of the molecule is NCCCCC(N)C(=O)NC(Cc1ccc(O)cc1)C(=O)NC(Cc1ccccc1)C(=O)NC(CS)C(=O)O. The Morgan fingerprint density at radius 1 is 0.769 bits per heavy atom. The maximum atomic E-state index is 13.5. The number of benzene rings is 2. The molecule has 0 saturated carbocycles. The summed E-state index contributed by atoms with van der Waals surface area (Å²) >= 11 is 3.98. The number of aromatic hydroxyl groups is 1. The van der Waals surface area contributed by atoms with Crippen LogP contribution in [0.4, 0.5) is 0 Å². The van der Waals surface area contributed by atoms with Crippen molar-refractivity contribution in [2.45, 2.75) is 56.3 Å². The van der Waals surface area contributed by atoms with E-state index in [1.807, 2.05) is 0 Å². The van der Waals surface area contributed by atoms with E-state index in [1.54, 1.807) is 42.5 Å². The van der Waals surface area contributed by atoms with Crippen molar-refractivity contribution in [3.63, 3.8) is 0 Å². The van der Waals surface area contributed by atoms with Crippen LogP contribution in [0.25, 0.3) is 0 Å². The van der Waals surface area contributed by atoms with Crippen molar-refractivity contribution >= 4 is 36.3 Å². The molecule has 0 heterocycles. The summed E-state index contributed by atoms with van der Waals surface area (Å²) in [4.78, 5) is 50.8. The average molecular weight is 560 g/mol. The summed E-state index contributed by atoms with van der Waals surface area (Å²) < 4.78 is 0. The molecule has 39 heavy (non-hydrogen) atoms. The number of carboxylic acid groups (broad SMARTS) is 1. The molecule has 212 valence electrons. The highest BCUT2D eigenvalue weighted by atomic mass is 32.1. The van der Waals surface area contributed by atoms with Gasteiger partial charge >= 0.3 is 5.97 Å². The van der Waals surface area contributed by atoms with Crippen LogP contribution >= 0.6 is 12.6 Å². The fourth-order valence-corrected chi connectivity index (χ4v) is 4.03. The number of hydrogen-bond donors (Lipinski definition) is 8. The van der Waals surface area contributed by atoms with Gasteiger partial charge in [0, 0.05) is 18.6 Å². The van der Waals surface area contributed by atoms with Gasteiger partial charge < -0.3 is 37.6 Å². The summed E-state index contributed by atoms with van der Waals surface area (Å²) in [5.41, 5.74) is 12.9. The van der Waals surface area contributed by atoms with E-state index in [-0.39, 0.29) is 24.3 Å². The first-order valence-corrected chi connectivity index (χ1v) is 13.3. The standard InChI is InChI=1S/C27H37N5O6S/c28-13-5-4-8-20(29)24(34)30-21(15-18-9-11-19(33)12-10-18)25(35)31-22(14-17-6-2-1-3-7-17)26(36)32-23(16-39)27(37)38/h1-3,6-7,9-12,20-23,33,39H,4-5,8,13-16,28-29H2,(H,30,34)(H,31,35)(H,32,36)(H,37,38).